The highest BCUT2D eigenvalue weighted by molar-refractivity contribution is 5.99. The fraction of sp³-hybridized carbons (Fsp3) is 0.364. The Morgan fingerprint density at radius 2 is 1.52 bits per heavy atom. The van der Waals surface area contributed by atoms with E-state index >= 15 is 0 Å². The first-order valence-electron chi connectivity index (χ1n) is 9.69. The first kappa shape index (κ1) is 22.1. The molecule has 0 atom stereocenters. The molecule has 156 valence electrons. The molecule has 0 aliphatic carbocycles. The molecule has 0 aliphatic heterocycles. The lowest BCUT2D eigenvalue weighted by Gasteiger charge is -2.27. The van der Waals surface area contributed by atoms with Gasteiger partial charge in [-0.25, -0.2) is 0 Å². The zero-order valence-electron chi connectivity index (χ0n) is 17.6. The van der Waals surface area contributed by atoms with Crippen LogP contribution in [0, 0.1) is 0 Å². The third-order valence-corrected chi connectivity index (χ3v) is 4.44. The number of nitrogens with one attached hydrogen (secondary N) is 2. The van der Waals surface area contributed by atoms with Crippen molar-refractivity contribution in [1.29, 1.82) is 0 Å². The zero-order valence-corrected chi connectivity index (χ0v) is 17.6. The molecule has 2 aromatic rings. The van der Waals surface area contributed by atoms with E-state index < -0.39 is 11.8 Å². The van der Waals surface area contributed by atoms with Gasteiger partial charge in [0.2, 0.25) is 0 Å². The molecule has 0 heterocycles. The Labute approximate surface area is 172 Å². The minimum absolute atomic E-state index is 0.344. The molecule has 0 aliphatic rings. The summed E-state index contributed by atoms with van der Waals surface area (Å²) in [5.74, 6) is 0.161. The number of methoxy groups -OCH3 is 1. The van der Waals surface area contributed by atoms with Crippen LogP contribution in [-0.2, 0) is 0 Å². The van der Waals surface area contributed by atoms with Gasteiger partial charge in [-0.2, -0.15) is 0 Å². The number of benzene rings is 2. The predicted molar refractivity (Wildman–Crippen MR) is 114 cm³/mol. The van der Waals surface area contributed by atoms with Gasteiger partial charge in [-0.1, -0.05) is 0 Å². The van der Waals surface area contributed by atoms with Crippen LogP contribution in [0.1, 0.15) is 48.4 Å². The van der Waals surface area contributed by atoms with E-state index in [0.717, 1.165) is 12.2 Å². The summed E-state index contributed by atoms with van der Waals surface area (Å²) in [5.41, 5.74) is 6.70. The zero-order chi connectivity index (χ0) is 21.4. The van der Waals surface area contributed by atoms with Crippen LogP contribution in [0.3, 0.4) is 0 Å². The van der Waals surface area contributed by atoms with Crippen molar-refractivity contribution in [3.63, 3.8) is 0 Å². The largest absolute Gasteiger partial charge is 0.493 e. The van der Waals surface area contributed by atoms with Gasteiger partial charge in [0.1, 0.15) is 0 Å². The Kier molecular flexibility index (Phi) is 7.88. The van der Waals surface area contributed by atoms with Crippen LogP contribution in [0.5, 0.6) is 11.5 Å². The van der Waals surface area contributed by atoms with Crippen LogP contribution in [0.2, 0.25) is 0 Å². The SMILES string of the molecule is CCOc1ccc(C(=O)NNC(=O)c2ccc(N(CC)C(C)C)cc2)cc1OC. The second-order valence-corrected chi connectivity index (χ2v) is 6.63. The van der Waals surface area contributed by atoms with Crippen molar-refractivity contribution in [2.24, 2.45) is 0 Å². The van der Waals surface area contributed by atoms with Crippen molar-refractivity contribution in [1.82, 2.24) is 10.9 Å². The van der Waals surface area contributed by atoms with Crippen LogP contribution >= 0.6 is 0 Å². The molecule has 7 nitrogen and oxygen atoms in total. The first-order chi connectivity index (χ1) is 13.9. The van der Waals surface area contributed by atoms with E-state index in [1.54, 1.807) is 30.3 Å². The van der Waals surface area contributed by atoms with Gasteiger partial charge < -0.3 is 14.4 Å². The van der Waals surface area contributed by atoms with Gasteiger partial charge in [0, 0.05) is 29.4 Å². The lowest BCUT2D eigenvalue weighted by Crippen LogP contribution is -2.41. The minimum Gasteiger partial charge on any atom is -0.493 e. The maximum Gasteiger partial charge on any atom is 0.269 e. The summed E-state index contributed by atoms with van der Waals surface area (Å²) in [7, 11) is 1.50. The molecule has 2 N–H and O–H groups in total. The Morgan fingerprint density at radius 3 is 2.03 bits per heavy atom. The normalized spacial score (nSPS) is 10.4. The van der Waals surface area contributed by atoms with Gasteiger partial charge in [0.05, 0.1) is 13.7 Å². The standard InChI is InChI=1S/C22H29N3O4/c1-6-25(15(3)4)18-11-8-16(9-12-18)21(26)23-24-22(27)17-10-13-19(29-7-2)20(14-17)28-5/h8-15H,6-7H2,1-5H3,(H,23,26)(H,24,27). The van der Waals surface area contributed by atoms with E-state index in [4.69, 9.17) is 9.47 Å². The highest BCUT2D eigenvalue weighted by Crippen LogP contribution is 2.28. The van der Waals surface area contributed by atoms with E-state index in [1.807, 2.05) is 19.1 Å². The summed E-state index contributed by atoms with van der Waals surface area (Å²) in [6.07, 6.45) is 0. The van der Waals surface area contributed by atoms with E-state index in [-0.39, 0.29) is 0 Å². The minimum atomic E-state index is -0.451. The Morgan fingerprint density at radius 1 is 0.931 bits per heavy atom. The maximum atomic E-state index is 12.3. The molecule has 0 aromatic heterocycles. The van der Waals surface area contributed by atoms with E-state index in [9.17, 15) is 9.59 Å². The van der Waals surface area contributed by atoms with Crippen LogP contribution < -0.4 is 25.2 Å². The van der Waals surface area contributed by atoms with Gasteiger partial charge in [-0.3, -0.25) is 20.4 Å². The Balaban J connectivity index is 2.00. The number of carbonyl (C=O) groups is 2. The first-order valence-corrected chi connectivity index (χ1v) is 9.69. The molecule has 0 saturated heterocycles. The number of anilines is 1. The molecular formula is C22H29N3O4. The van der Waals surface area contributed by atoms with E-state index in [2.05, 4.69) is 36.5 Å². The molecule has 29 heavy (non-hydrogen) atoms. The van der Waals surface area contributed by atoms with Gasteiger partial charge >= 0.3 is 0 Å². The van der Waals surface area contributed by atoms with Crippen molar-refractivity contribution in [2.75, 3.05) is 25.2 Å². The van der Waals surface area contributed by atoms with Crippen molar-refractivity contribution in [2.45, 2.75) is 33.7 Å². The highest BCUT2D eigenvalue weighted by atomic mass is 16.5. The lowest BCUT2D eigenvalue weighted by atomic mass is 10.1. The molecule has 0 saturated carbocycles. The van der Waals surface area contributed by atoms with Gasteiger partial charge in [-0.05, 0) is 70.2 Å². The monoisotopic (exact) mass is 399 g/mol. The number of carbonyl (C=O) groups excluding carboxylic acids is 2. The number of rotatable bonds is 8. The number of hydrogen-bond donors (Lipinski definition) is 2. The van der Waals surface area contributed by atoms with Gasteiger partial charge in [0.15, 0.2) is 11.5 Å². The highest BCUT2D eigenvalue weighted by Gasteiger charge is 2.14. The fourth-order valence-electron chi connectivity index (χ4n) is 2.99. The summed E-state index contributed by atoms with van der Waals surface area (Å²) in [6.45, 7) is 9.57. The number of hydrogen-bond acceptors (Lipinski definition) is 5. The van der Waals surface area contributed by atoms with E-state index in [0.29, 0.717) is 35.3 Å². The smallest absolute Gasteiger partial charge is 0.269 e. The molecule has 2 aromatic carbocycles. The summed E-state index contributed by atoms with van der Waals surface area (Å²) < 4.78 is 10.7. The molecule has 0 fully saturated rings. The van der Waals surface area contributed by atoms with Crippen LogP contribution in [0.15, 0.2) is 42.5 Å². The molecule has 0 radical (unpaired) electrons. The molecule has 0 spiro atoms. The van der Waals surface area contributed by atoms with Crippen LogP contribution in [0.4, 0.5) is 5.69 Å². The van der Waals surface area contributed by atoms with Crippen LogP contribution in [-0.4, -0.2) is 38.1 Å². The Bertz CT molecular complexity index is 834. The second kappa shape index (κ2) is 10.4. The number of hydrazine groups is 1. The number of nitrogens with zero attached hydrogens (tertiary/aromatic N) is 1. The molecular weight excluding hydrogens is 370 g/mol. The van der Waals surface area contributed by atoms with Crippen molar-refractivity contribution < 1.29 is 19.1 Å². The third kappa shape index (κ3) is 5.63. The lowest BCUT2D eigenvalue weighted by molar-refractivity contribution is 0.0846. The summed E-state index contributed by atoms with van der Waals surface area (Å²) >= 11 is 0. The number of amides is 2. The van der Waals surface area contributed by atoms with Crippen molar-refractivity contribution in [3.8, 4) is 11.5 Å². The summed E-state index contributed by atoms with van der Waals surface area (Å²) in [5, 5.41) is 0. The Hall–Kier alpha value is -3.22. The van der Waals surface area contributed by atoms with Crippen molar-refractivity contribution >= 4 is 17.5 Å². The quantitative estimate of drug-likeness (QED) is 0.665. The average Bonchev–Trinajstić information content (AvgIpc) is 2.73. The molecule has 0 unspecified atom stereocenters. The van der Waals surface area contributed by atoms with Crippen LogP contribution in [0.25, 0.3) is 0 Å². The van der Waals surface area contributed by atoms with E-state index in [1.165, 1.54) is 7.11 Å². The molecule has 0 bridgehead atoms. The second-order valence-electron chi connectivity index (χ2n) is 6.63. The van der Waals surface area contributed by atoms with Gasteiger partial charge in [-0.15, -0.1) is 0 Å². The maximum absolute atomic E-state index is 12.3. The molecule has 2 rings (SSSR count). The van der Waals surface area contributed by atoms with Gasteiger partial charge in [0.25, 0.3) is 11.8 Å². The molecule has 7 heteroatoms. The van der Waals surface area contributed by atoms with Crippen molar-refractivity contribution in [3.05, 3.63) is 53.6 Å². The average molecular weight is 399 g/mol. The predicted octanol–water partition coefficient (Wildman–Crippen LogP) is 3.40. The topological polar surface area (TPSA) is 79.9 Å². The summed E-state index contributed by atoms with van der Waals surface area (Å²) in [6, 6.07) is 12.5. The number of ether oxygens (including phenoxy) is 2. The summed E-state index contributed by atoms with van der Waals surface area (Å²) in [4.78, 5) is 26.9. The fourth-order valence-corrected chi connectivity index (χ4v) is 2.99. The molecule has 2 amide bonds. The third-order valence-electron chi connectivity index (χ3n) is 4.44.